The number of rotatable bonds is 5. The molecule has 0 bridgehead atoms. The van der Waals surface area contributed by atoms with Crippen LogP contribution in [0.1, 0.15) is 6.92 Å². The van der Waals surface area contributed by atoms with Gasteiger partial charge in [0.05, 0.1) is 4.92 Å². The second-order valence-electron chi connectivity index (χ2n) is 5.50. The summed E-state index contributed by atoms with van der Waals surface area (Å²) >= 11 is 0. The van der Waals surface area contributed by atoms with E-state index in [4.69, 9.17) is 4.74 Å². The topological polar surface area (TPSA) is 81.5 Å². The van der Waals surface area contributed by atoms with Crippen LogP contribution in [0.2, 0.25) is 0 Å². The van der Waals surface area contributed by atoms with E-state index < -0.39 is 16.9 Å². The lowest BCUT2D eigenvalue weighted by Gasteiger charge is -2.16. The Balaban J connectivity index is 1.78. The Morgan fingerprint density at radius 1 is 1.04 bits per heavy atom. The van der Waals surface area contributed by atoms with Gasteiger partial charge in [-0.3, -0.25) is 14.9 Å². The molecule has 1 amide bonds. The number of para-hydroxylation sites is 2. The zero-order chi connectivity index (χ0) is 17.8. The maximum atomic E-state index is 12.4. The predicted molar refractivity (Wildman–Crippen MR) is 95.8 cm³/mol. The fourth-order valence-electron chi connectivity index (χ4n) is 2.52. The van der Waals surface area contributed by atoms with Gasteiger partial charge in [-0.25, -0.2) is 0 Å². The number of hydrogen-bond donors (Lipinski definition) is 1. The molecule has 0 aliphatic carbocycles. The number of nitro groups is 1. The highest BCUT2D eigenvalue weighted by molar-refractivity contribution is 5.96. The molecule has 0 aromatic heterocycles. The number of nitro benzene ring substituents is 1. The quantitative estimate of drug-likeness (QED) is 0.560. The molecule has 3 rings (SSSR count). The fourth-order valence-corrected chi connectivity index (χ4v) is 2.52. The van der Waals surface area contributed by atoms with Gasteiger partial charge < -0.3 is 10.1 Å². The Morgan fingerprint density at radius 3 is 2.52 bits per heavy atom. The first-order chi connectivity index (χ1) is 12.1. The Hall–Kier alpha value is -3.41. The highest BCUT2D eigenvalue weighted by atomic mass is 16.6. The predicted octanol–water partition coefficient (Wildman–Crippen LogP) is 4.15. The van der Waals surface area contributed by atoms with Crippen molar-refractivity contribution in [2.45, 2.75) is 13.0 Å². The van der Waals surface area contributed by atoms with Gasteiger partial charge in [-0.05, 0) is 24.4 Å². The van der Waals surface area contributed by atoms with Gasteiger partial charge in [0.2, 0.25) is 0 Å². The van der Waals surface area contributed by atoms with Crippen LogP contribution in [-0.4, -0.2) is 16.9 Å². The minimum atomic E-state index is -0.814. The zero-order valence-corrected chi connectivity index (χ0v) is 13.5. The second-order valence-corrected chi connectivity index (χ2v) is 5.50. The largest absolute Gasteiger partial charge is 0.480 e. The number of hydrogen-bond acceptors (Lipinski definition) is 4. The molecule has 1 atom stereocenters. The van der Waals surface area contributed by atoms with E-state index in [-0.39, 0.29) is 11.4 Å². The summed E-state index contributed by atoms with van der Waals surface area (Å²) in [7, 11) is 0. The summed E-state index contributed by atoms with van der Waals surface area (Å²) < 4.78 is 5.78. The third-order valence-corrected chi connectivity index (χ3v) is 3.78. The summed E-state index contributed by atoms with van der Waals surface area (Å²) in [6, 6.07) is 19.3. The van der Waals surface area contributed by atoms with Crippen LogP contribution in [0.5, 0.6) is 5.75 Å². The van der Waals surface area contributed by atoms with Crippen molar-refractivity contribution in [2.24, 2.45) is 0 Å². The maximum absolute atomic E-state index is 12.4. The van der Waals surface area contributed by atoms with Crippen LogP contribution in [-0.2, 0) is 4.79 Å². The van der Waals surface area contributed by atoms with Crippen molar-refractivity contribution in [3.63, 3.8) is 0 Å². The SMILES string of the molecule is C[C@H](Oc1cccc2ccccc12)C(=O)Nc1ccccc1[N+](=O)[O-]. The first kappa shape index (κ1) is 16.4. The van der Waals surface area contributed by atoms with Crippen molar-refractivity contribution in [2.75, 3.05) is 5.32 Å². The normalized spacial score (nSPS) is 11.7. The van der Waals surface area contributed by atoms with Crippen LogP contribution in [0, 0.1) is 10.1 Å². The van der Waals surface area contributed by atoms with Crippen LogP contribution in [0.15, 0.2) is 66.7 Å². The molecule has 0 saturated carbocycles. The molecule has 0 heterocycles. The minimum Gasteiger partial charge on any atom is -0.480 e. The number of fused-ring (bicyclic) bond motifs is 1. The Labute approximate surface area is 144 Å². The van der Waals surface area contributed by atoms with Crippen LogP contribution in [0.3, 0.4) is 0 Å². The molecule has 0 aliphatic heterocycles. The maximum Gasteiger partial charge on any atom is 0.292 e. The Kier molecular flexibility index (Phi) is 4.61. The van der Waals surface area contributed by atoms with Gasteiger partial charge >= 0.3 is 0 Å². The summed E-state index contributed by atoms with van der Waals surface area (Å²) in [6.07, 6.45) is -0.814. The number of carbonyl (C=O) groups excluding carboxylic acids is 1. The molecular weight excluding hydrogens is 320 g/mol. The summed E-state index contributed by atoms with van der Waals surface area (Å²) in [5, 5.41) is 15.5. The molecule has 25 heavy (non-hydrogen) atoms. The van der Waals surface area contributed by atoms with E-state index in [1.807, 2.05) is 36.4 Å². The lowest BCUT2D eigenvalue weighted by molar-refractivity contribution is -0.383. The fraction of sp³-hybridized carbons (Fsp3) is 0.105. The zero-order valence-electron chi connectivity index (χ0n) is 13.5. The lowest BCUT2D eigenvalue weighted by atomic mass is 10.1. The van der Waals surface area contributed by atoms with Gasteiger partial charge in [0.15, 0.2) is 6.10 Å². The molecule has 6 nitrogen and oxygen atoms in total. The number of nitrogens with zero attached hydrogens (tertiary/aromatic N) is 1. The van der Waals surface area contributed by atoms with E-state index in [1.165, 1.54) is 12.1 Å². The minimum absolute atomic E-state index is 0.144. The van der Waals surface area contributed by atoms with E-state index in [2.05, 4.69) is 5.32 Å². The number of nitrogens with one attached hydrogen (secondary N) is 1. The molecule has 0 unspecified atom stereocenters. The molecule has 0 radical (unpaired) electrons. The van der Waals surface area contributed by atoms with Crippen LogP contribution in [0.4, 0.5) is 11.4 Å². The van der Waals surface area contributed by atoms with E-state index in [0.29, 0.717) is 5.75 Å². The van der Waals surface area contributed by atoms with Crippen molar-refractivity contribution in [3.8, 4) is 5.75 Å². The summed E-state index contributed by atoms with van der Waals surface area (Å²) in [6.45, 7) is 1.60. The molecule has 0 aliphatic rings. The molecule has 1 N–H and O–H groups in total. The van der Waals surface area contributed by atoms with Crippen LogP contribution < -0.4 is 10.1 Å². The molecule has 3 aromatic carbocycles. The van der Waals surface area contributed by atoms with Gasteiger partial charge in [-0.1, -0.05) is 48.5 Å². The van der Waals surface area contributed by atoms with Crippen molar-refractivity contribution in [3.05, 3.63) is 76.8 Å². The van der Waals surface area contributed by atoms with E-state index in [1.54, 1.807) is 25.1 Å². The summed E-state index contributed by atoms with van der Waals surface area (Å²) in [4.78, 5) is 22.9. The van der Waals surface area contributed by atoms with Crippen molar-refractivity contribution in [1.29, 1.82) is 0 Å². The number of carbonyl (C=O) groups is 1. The van der Waals surface area contributed by atoms with E-state index in [9.17, 15) is 14.9 Å². The third-order valence-electron chi connectivity index (χ3n) is 3.78. The number of benzene rings is 3. The molecule has 0 spiro atoms. The van der Waals surface area contributed by atoms with Gasteiger partial charge in [-0.15, -0.1) is 0 Å². The number of ether oxygens (including phenoxy) is 1. The van der Waals surface area contributed by atoms with Gasteiger partial charge in [0.1, 0.15) is 11.4 Å². The van der Waals surface area contributed by atoms with Gasteiger partial charge in [0.25, 0.3) is 11.6 Å². The van der Waals surface area contributed by atoms with E-state index in [0.717, 1.165) is 10.8 Å². The Bertz CT molecular complexity index is 934. The lowest BCUT2D eigenvalue weighted by Crippen LogP contribution is -2.30. The standard InChI is InChI=1S/C19H16N2O4/c1-13(19(22)20-16-10-4-5-11-17(16)21(23)24)25-18-12-6-8-14-7-2-3-9-15(14)18/h2-13H,1H3,(H,20,22)/t13-/m0/s1. The highest BCUT2D eigenvalue weighted by Crippen LogP contribution is 2.27. The molecular formula is C19H16N2O4. The molecule has 0 saturated heterocycles. The highest BCUT2D eigenvalue weighted by Gasteiger charge is 2.20. The van der Waals surface area contributed by atoms with Gasteiger partial charge in [-0.2, -0.15) is 0 Å². The first-order valence-corrected chi connectivity index (χ1v) is 7.75. The Morgan fingerprint density at radius 2 is 1.72 bits per heavy atom. The van der Waals surface area contributed by atoms with Crippen LogP contribution in [0.25, 0.3) is 10.8 Å². The molecule has 6 heteroatoms. The monoisotopic (exact) mass is 336 g/mol. The number of amides is 1. The van der Waals surface area contributed by atoms with Crippen molar-refractivity contribution < 1.29 is 14.5 Å². The molecule has 126 valence electrons. The van der Waals surface area contributed by atoms with Gasteiger partial charge in [0, 0.05) is 11.5 Å². The third kappa shape index (κ3) is 3.58. The average molecular weight is 336 g/mol. The van der Waals surface area contributed by atoms with E-state index >= 15 is 0 Å². The van der Waals surface area contributed by atoms with Crippen molar-refractivity contribution >= 4 is 28.1 Å². The second kappa shape index (κ2) is 7.00. The molecule has 0 fully saturated rings. The molecule has 3 aromatic rings. The summed E-state index contributed by atoms with van der Waals surface area (Å²) in [5.74, 6) is 0.130. The smallest absolute Gasteiger partial charge is 0.292 e. The first-order valence-electron chi connectivity index (χ1n) is 7.75. The summed E-state index contributed by atoms with van der Waals surface area (Å²) in [5.41, 5.74) is -0.0147. The van der Waals surface area contributed by atoms with Crippen molar-refractivity contribution in [1.82, 2.24) is 0 Å². The van der Waals surface area contributed by atoms with Crippen LogP contribution >= 0.6 is 0 Å². The number of anilines is 1. The average Bonchev–Trinajstić information content (AvgIpc) is 2.62.